The number of benzene rings is 1. The van der Waals surface area contributed by atoms with Crippen molar-refractivity contribution in [3.63, 3.8) is 0 Å². The second-order valence-corrected chi connectivity index (χ2v) is 9.22. The molecule has 1 heterocycles. The third-order valence-electron chi connectivity index (χ3n) is 4.71. The number of hydrogen-bond acceptors (Lipinski definition) is 5. The summed E-state index contributed by atoms with van der Waals surface area (Å²) in [7, 11) is -2.86. The molecule has 142 valence electrons. The van der Waals surface area contributed by atoms with Gasteiger partial charge in [0.2, 0.25) is 0 Å². The summed E-state index contributed by atoms with van der Waals surface area (Å²) in [6.45, 7) is 0. The van der Waals surface area contributed by atoms with Crippen LogP contribution in [0.3, 0.4) is 0 Å². The second kappa shape index (κ2) is 6.41. The molecule has 1 N–H and O–H groups in total. The quantitative estimate of drug-likeness (QED) is 0.859. The Balaban J connectivity index is 1.79. The van der Waals surface area contributed by atoms with Crippen molar-refractivity contribution in [3.8, 4) is 0 Å². The minimum Gasteiger partial charge on any atom is -0.393 e. The molecule has 0 aromatic heterocycles. The molecule has 1 saturated carbocycles. The van der Waals surface area contributed by atoms with Gasteiger partial charge in [-0.25, -0.2) is 4.21 Å². The summed E-state index contributed by atoms with van der Waals surface area (Å²) in [5, 5.41) is 15.5. The van der Waals surface area contributed by atoms with Crippen LogP contribution in [0.15, 0.2) is 38.9 Å². The van der Waals surface area contributed by atoms with Crippen LogP contribution >= 0.6 is 0 Å². The first-order chi connectivity index (χ1) is 12.1. The molecule has 0 spiro atoms. The van der Waals surface area contributed by atoms with Gasteiger partial charge in [0.25, 0.3) is 5.91 Å². The first kappa shape index (κ1) is 19.0. The molecule has 1 aliphatic heterocycles. The Hall–Kier alpha value is -1.81. The normalized spacial score (nSPS) is 26.8. The highest BCUT2D eigenvalue weighted by molar-refractivity contribution is 7.93. The summed E-state index contributed by atoms with van der Waals surface area (Å²) in [6.07, 6.45) is -1.53. The van der Waals surface area contributed by atoms with Gasteiger partial charge in [-0.1, -0.05) is 12.1 Å². The van der Waals surface area contributed by atoms with Crippen LogP contribution in [0.1, 0.15) is 41.6 Å². The summed E-state index contributed by atoms with van der Waals surface area (Å²) < 4.78 is 55.5. The summed E-state index contributed by atoms with van der Waals surface area (Å²) in [5.74, 6) is -0.755. The molecule has 2 aliphatic rings. The number of carbonyl (C=O) groups excluding carboxylic acids is 1. The zero-order chi connectivity index (χ0) is 19.2. The van der Waals surface area contributed by atoms with E-state index in [0.717, 1.165) is 12.1 Å². The van der Waals surface area contributed by atoms with E-state index in [0.29, 0.717) is 25.7 Å². The van der Waals surface area contributed by atoms with Gasteiger partial charge in [0.15, 0.2) is 0 Å². The van der Waals surface area contributed by atoms with E-state index < -0.39 is 33.6 Å². The number of alkyl halides is 3. The Bertz CT molecular complexity index is 852. The van der Waals surface area contributed by atoms with Crippen molar-refractivity contribution in [2.75, 3.05) is 6.26 Å². The predicted octanol–water partition coefficient (Wildman–Crippen LogP) is 3.41. The fourth-order valence-corrected chi connectivity index (χ4v) is 4.86. The van der Waals surface area contributed by atoms with Crippen molar-refractivity contribution in [2.24, 2.45) is 14.6 Å². The Labute approximate surface area is 148 Å². The van der Waals surface area contributed by atoms with Crippen molar-refractivity contribution < 1.29 is 27.3 Å². The number of aliphatic hydroxyl groups is 1. The second-order valence-electron chi connectivity index (χ2n) is 6.65. The largest absolute Gasteiger partial charge is 0.442 e. The Kier molecular flexibility index (Phi) is 4.68. The maximum atomic E-state index is 13.0. The van der Waals surface area contributed by atoms with E-state index in [9.17, 15) is 27.3 Å². The van der Waals surface area contributed by atoms with Gasteiger partial charge >= 0.3 is 11.8 Å². The SMILES string of the molecule is CS(=O)(=NC(=O)c1ccc(C2(C(F)(F)F)N=N2)cc1)[C@@H]1CCC[C@H](O)C1. The lowest BCUT2D eigenvalue weighted by Gasteiger charge is -2.26. The molecule has 3 rings (SSSR count). The van der Waals surface area contributed by atoms with Gasteiger partial charge in [0, 0.05) is 22.6 Å². The van der Waals surface area contributed by atoms with E-state index in [1.807, 2.05) is 0 Å². The molecule has 6 nitrogen and oxygen atoms in total. The summed E-state index contributed by atoms with van der Waals surface area (Å²) in [4.78, 5) is 12.3. The van der Waals surface area contributed by atoms with Gasteiger partial charge in [0.05, 0.1) is 15.8 Å². The fraction of sp³-hybridized carbons (Fsp3) is 0.562. The molecule has 1 amide bonds. The minimum absolute atomic E-state index is 0.0395. The van der Waals surface area contributed by atoms with Crippen molar-refractivity contribution in [2.45, 2.75) is 48.9 Å². The van der Waals surface area contributed by atoms with Crippen LogP contribution in [0, 0.1) is 0 Å². The number of halogens is 3. The first-order valence-electron chi connectivity index (χ1n) is 8.10. The van der Waals surface area contributed by atoms with Crippen LogP contribution in [-0.2, 0) is 15.4 Å². The van der Waals surface area contributed by atoms with E-state index >= 15 is 0 Å². The van der Waals surface area contributed by atoms with E-state index in [4.69, 9.17) is 0 Å². The van der Waals surface area contributed by atoms with Gasteiger partial charge in [-0.05, 0) is 37.8 Å². The van der Waals surface area contributed by atoms with E-state index in [-0.39, 0.29) is 16.4 Å². The fourth-order valence-electron chi connectivity index (χ4n) is 3.10. The zero-order valence-corrected chi connectivity index (χ0v) is 14.8. The molecule has 10 heteroatoms. The van der Waals surface area contributed by atoms with Crippen LogP contribution in [0.4, 0.5) is 13.2 Å². The lowest BCUT2D eigenvalue weighted by Crippen LogP contribution is -2.30. The molecule has 1 aromatic carbocycles. The van der Waals surface area contributed by atoms with Gasteiger partial charge in [0.1, 0.15) is 0 Å². The molecular weight excluding hydrogens is 371 g/mol. The van der Waals surface area contributed by atoms with Crippen LogP contribution in [0.2, 0.25) is 0 Å². The van der Waals surface area contributed by atoms with Crippen LogP contribution < -0.4 is 0 Å². The third-order valence-corrected chi connectivity index (χ3v) is 6.90. The summed E-state index contributed by atoms with van der Waals surface area (Å²) in [5.41, 5.74) is -2.69. The van der Waals surface area contributed by atoms with Crippen molar-refractivity contribution in [3.05, 3.63) is 35.4 Å². The van der Waals surface area contributed by atoms with E-state index in [1.54, 1.807) is 0 Å². The molecule has 0 saturated heterocycles. The average molecular weight is 389 g/mol. The summed E-state index contributed by atoms with van der Waals surface area (Å²) in [6, 6.07) is 4.64. The van der Waals surface area contributed by atoms with E-state index in [2.05, 4.69) is 14.6 Å². The molecule has 1 aromatic rings. The number of aliphatic hydroxyl groups excluding tert-OH is 1. The van der Waals surface area contributed by atoms with Crippen LogP contribution in [-0.4, -0.2) is 39.0 Å². The summed E-state index contributed by atoms with van der Waals surface area (Å²) >= 11 is 0. The number of hydrogen-bond donors (Lipinski definition) is 1. The highest BCUT2D eigenvalue weighted by Crippen LogP contribution is 2.52. The van der Waals surface area contributed by atoms with Gasteiger partial charge in [-0.2, -0.15) is 17.5 Å². The Morgan fingerprint density at radius 2 is 1.88 bits per heavy atom. The number of carbonyl (C=O) groups is 1. The lowest BCUT2D eigenvalue weighted by molar-refractivity contribution is -0.166. The third kappa shape index (κ3) is 3.52. The maximum Gasteiger partial charge on any atom is 0.442 e. The smallest absolute Gasteiger partial charge is 0.393 e. The van der Waals surface area contributed by atoms with Crippen molar-refractivity contribution >= 4 is 15.6 Å². The first-order valence-corrected chi connectivity index (χ1v) is 10.1. The van der Waals surface area contributed by atoms with Crippen molar-refractivity contribution in [1.29, 1.82) is 0 Å². The number of amides is 1. The van der Waals surface area contributed by atoms with Crippen LogP contribution in [0.25, 0.3) is 0 Å². The Morgan fingerprint density at radius 3 is 2.38 bits per heavy atom. The number of rotatable bonds is 3. The molecule has 3 atom stereocenters. The molecule has 26 heavy (non-hydrogen) atoms. The average Bonchev–Trinajstić information content (AvgIpc) is 3.36. The van der Waals surface area contributed by atoms with Crippen LogP contribution in [0.5, 0.6) is 0 Å². The standard InChI is InChI=1S/C16H18F3N3O3S/c1-26(25,13-4-2-3-12(23)9-13)20-14(24)10-5-7-11(8-6-10)15(21-22-15)16(17,18)19/h5-8,12-13,23H,2-4,9H2,1H3/t12-,13+,26?/m0/s1. The zero-order valence-electron chi connectivity index (χ0n) is 13.9. The molecule has 1 unspecified atom stereocenters. The molecule has 0 bridgehead atoms. The van der Waals surface area contributed by atoms with Gasteiger partial charge in [-0.15, -0.1) is 10.2 Å². The maximum absolute atomic E-state index is 13.0. The topological polar surface area (TPSA) is 91.5 Å². The Morgan fingerprint density at radius 1 is 1.27 bits per heavy atom. The molecular formula is C16H18F3N3O3S. The molecule has 0 radical (unpaired) electrons. The molecule has 1 aliphatic carbocycles. The number of nitrogens with zero attached hydrogens (tertiary/aromatic N) is 3. The molecule has 1 fully saturated rings. The highest BCUT2D eigenvalue weighted by Gasteiger charge is 2.65. The van der Waals surface area contributed by atoms with E-state index in [1.165, 1.54) is 18.4 Å². The van der Waals surface area contributed by atoms with Crippen molar-refractivity contribution in [1.82, 2.24) is 0 Å². The highest BCUT2D eigenvalue weighted by atomic mass is 32.2. The van der Waals surface area contributed by atoms with Gasteiger partial charge in [-0.3, -0.25) is 4.79 Å². The lowest BCUT2D eigenvalue weighted by atomic mass is 9.97. The monoisotopic (exact) mass is 389 g/mol. The van der Waals surface area contributed by atoms with Gasteiger partial charge < -0.3 is 5.11 Å². The predicted molar refractivity (Wildman–Crippen MR) is 88.1 cm³/mol. The minimum atomic E-state index is -4.64.